The molecule has 3 rings (SSSR count). The highest BCUT2D eigenvalue weighted by atomic mass is 32.2. The van der Waals surface area contributed by atoms with Crippen LogP contribution in [0.15, 0.2) is 66.8 Å². The van der Waals surface area contributed by atoms with E-state index in [1.165, 1.54) is 32.8 Å². The van der Waals surface area contributed by atoms with E-state index in [0.29, 0.717) is 117 Å². The summed E-state index contributed by atoms with van der Waals surface area (Å²) >= 11 is 1.80. The third-order valence-electron chi connectivity index (χ3n) is 14.1. The van der Waals surface area contributed by atoms with Crippen LogP contribution in [0.25, 0.3) is 0 Å². The average molecular weight is 1240 g/mol. The third-order valence-corrected chi connectivity index (χ3v) is 15.6. The number of carboxylic acid groups (broad SMARTS) is 1. The van der Waals surface area contributed by atoms with Crippen molar-refractivity contribution in [3.05, 3.63) is 72.4 Å². The van der Waals surface area contributed by atoms with Gasteiger partial charge in [0.1, 0.15) is 12.6 Å². The van der Waals surface area contributed by atoms with Crippen molar-refractivity contribution in [3.8, 4) is 11.5 Å². The summed E-state index contributed by atoms with van der Waals surface area (Å²) in [5, 5.41) is 36.4. The highest BCUT2D eigenvalue weighted by Gasteiger charge is 2.42. The molecule has 23 heteroatoms. The number of phenols is 1. The minimum atomic E-state index is -1.20. The largest absolute Gasteiger partial charge is 0.504 e. The standard InChI is InChI=1S/C64H103N7O15S/c1-3-4-5-6-7-8-9-10-11-12-13-14-15-16-17-18-21-30-60(76)71(48-51-31-32-54(72)55(46-51)81-2)36-24-19-20-28-57(73)66-35-39-84-44-45-86-49-59(75)65-33-25-37-82-40-42-85-43-41-83-38-26-34-67-63(79)52(47-61(77)78)68-58(74)29-23-22-27-56-62-53(50-87-56)69-64(80)70-62/h7-8,10-11,13-14,16-17,31-32,46,52-53,56,62,72H,3-6,9,12,15,18-30,33-45,47-50H2,1-2H3,(H,65,75)(H,66,73)(H,67,79)(H,68,74)(H,77,78)(H2,69,70,80)/b8-7-,11-10-,14-13-,17-16-/t52-,53-,56-,62-/m0/s1. The molecule has 2 saturated heterocycles. The number of benzene rings is 1. The number of unbranched alkanes of at least 4 members (excludes halogenated alkanes) is 7. The van der Waals surface area contributed by atoms with Crippen molar-refractivity contribution in [1.82, 2.24) is 36.8 Å². The third kappa shape index (κ3) is 38.1. The molecule has 0 aromatic heterocycles. The van der Waals surface area contributed by atoms with Crippen LogP contribution in [0.3, 0.4) is 0 Å². The number of methoxy groups -OCH3 is 1. The number of amides is 7. The van der Waals surface area contributed by atoms with E-state index in [1.54, 1.807) is 30.0 Å². The smallest absolute Gasteiger partial charge is 0.315 e. The van der Waals surface area contributed by atoms with E-state index >= 15 is 0 Å². The Balaban J connectivity index is 1.09. The molecular weight excluding hydrogens is 1140 g/mol. The molecule has 490 valence electrons. The van der Waals surface area contributed by atoms with E-state index in [0.717, 1.165) is 69.1 Å². The van der Waals surface area contributed by atoms with Crippen LogP contribution >= 0.6 is 11.8 Å². The van der Waals surface area contributed by atoms with Gasteiger partial charge in [0.15, 0.2) is 11.5 Å². The molecule has 0 radical (unpaired) electrons. The first-order chi connectivity index (χ1) is 42.4. The fraction of sp³-hybridized carbons (Fsp3) is 0.672. The Morgan fingerprint density at radius 2 is 1.26 bits per heavy atom. The molecule has 2 heterocycles. The van der Waals surface area contributed by atoms with Gasteiger partial charge in [-0.05, 0) is 101 Å². The second-order valence-corrected chi connectivity index (χ2v) is 22.7. The molecule has 2 aliphatic heterocycles. The number of aliphatic carboxylic acids is 1. The van der Waals surface area contributed by atoms with Crippen LogP contribution in [0.2, 0.25) is 0 Å². The molecule has 8 N–H and O–H groups in total. The van der Waals surface area contributed by atoms with Crippen LogP contribution in [0, 0.1) is 0 Å². The number of phenolic OH excluding ortho intramolecular Hbond substituents is 1. The SMILES string of the molecule is CCCCC/C=C\C/C=C\C/C=C\C/C=C\CCCC(=O)N(CCCCCC(=O)NCCOCCOCC(=O)NCCCOCCOCCOCCCNC(=O)[C@H](CC(=O)O)NC(=O)CCCC[C@@H]1SC[C@@H]2NC(=O)N[C@@H]21)Cc1ccc(O)c(OC)c1. The van der Waals surface area contributed by atoms with Crippen molar-refractivity contribution in [3.63, 3.8) is 0 Å². The zero-order valence-corrected chi connectivity index (χ0v) is 52.7. The molecule has 7 amide bonds. The summed E-state index contributed by atoms with van der Waals surface area (Å²) in [6, 6.07) is 4.04. The van der Waals surface area contributed by atoms with Gasteiger partial charge >= 0.3 is 12.0 Å². The Kier molecular flexibility index (Phi) is 43.2. The van der Waals surface area contributed by atoms with Gasteiger partial charge in [0.25, 0.3) is 0 Å². The fourth-order valence-electron chi connectivity index (χ4n) is 9.35. The number of carbonyl (C=O) groups is 7. The number of thioether (sulfide) groups is 1. The van der Waals surface area contributed by atoms with E-state index in [1.807, 2.05) is 4.90 Å². The Hall–Kier alpha value is -5.98. The highest BCUT2D eigenvalue weighted by molar-refractivity contribution is 8.00. The number of urea groups is 1. The topological polar surface area (TPSA) is 291 Å². The number of hydrogen-bond donors (Lipinski definition) is 8. The Morgan fingerprint density at radius 3 is 1.94 bits per heavy atom. The van der Waals surface area contributed by atoms with Gasteiger partial charge in [0.05, 0.1) is 71.9 Å². The minimum Gasteiger partial charge on any atom is -0.504 e. The number of ether oxygens (including phenoxy) is 6. The molecule has 0 aliphatic carbocycles. The summed E-state index contributed by atoms with van der Waals surface area (Å²) in [7, 11) is 1.50. The lowest BCUT2D eigenvalue weighted by Gasteiger charge is -2.23. The van der Waals surface area contributed by atoms with E-state index in [2.05, 4.69) is 87.4 Å². The van der Waals surface area contributed by atoms with Crippen LogP contribution in [-0.4, -0.2) is 185 Å². The van der Waals surface area contributed by atoms with Gasteiger partial charge < -0.3 is 75.4 Å². The lowest BCUT2D eigenvalue weighted by molar-refractivity contribution is -0.140. The average Bonchev–Trinajstić information content (AvgIpc) is 2.03. The lowest BCUT2D eigenvalue weighted by Crippen LogP contribution is -2.48. The monoisotopic (exact) mass is 1240 g/mol. The summed E-state index contributed by atoms with van der Waals surface area (Å²) in [5.74, 6) is -1.13. The van der Waals surface area contributed by atoms with Gasteiger partial charge in [-0.25, -0.2) is 4.79 Å². The predicted molar refractivity (Wildman–Crippen MR) is 337 cm³/mol. The first-order valence-electron chi connectivity index (χ1n) is 31.5. The summed E-state index contributed by atoms with van der Waals surface area (Å²) < 4.78 is 32.9. The molecule has 22 nitrogen and oxygen atoms in total. The van der Waals surface area contributed by atoms with E-state index in [9.17, 15) is 43.8 Å². The number of fused-ring (bicyclic) bond motifs is 1. The summed E-state index contributed by atoms with van der Waals surface area (Å²) in [6.07, 6.45) is 32.8. The van der Waals surface area contributed by atoms with Crippen molar-refractivity contribution in [2.24, 2.45) is 0 Å². The number of carbonyl (C=O) groups excluding carboxylic acids is 6. The van der Waals surface area contributed by atoms with Gasteiger partial charge in [-0.1, -0.05) is 87.3 Å². The molecule has 2 fully saturated rings. The molecule has 87 heavy (non-hydrogen) atoms. The first-order valence-corrected chi connectivity index (χ1v) is 32.6. The normalized spacial score (nSPS) is 15.9. The second-order valence-electron chi connectivity index (χ2n) is 21.4. The number of nitrogens with zero attached hydrogens (tertiary/aromatic N) is 1. The maximum absolute atomic E-state index is 13.4. The summed E-state index contributed by atoms with van der Waals surface area (Å²) in [5.41, 5.74) is 0.864. The number of nitrogens with one attached hydrogen (secondary N) is 6. The molecule has 1 aromatic carbocycles. The van der Waals surface area contributed by atoms with Crippen molar-refractivity contribution in [2.45, 2.75) is 172 Å². The Labute approximate surface area is 520 Å². The van der Waals surface area contributed by atoms with Crippen LogP contribution in [0.4, 0.5) is 4.79 Å². The zero-order chi connectivity index (χ0) is 62.8. The van der Waals surface area contributed by atoms with Crippen LogP contribution in [0.5, 0.6) is 11.5 Å². The van der Waals surface area contributed by atoms with Gasteiger partial charge in [-0.2, -0.15) is 11.8 Å². The number of carboxylic acids is 1. The molecule has 0 bridgehead atoms. The van der Waals surface area contributed by atoms with Crippen molar-refractivity contribution >= 4 is 53.3 Å². The molecule has 2 aliphatic rings. The highest BCUT2D eigenvalue weighted by Crippen LogP contribution is 2.33. The minimum absolute atomic E-state index is 0.0452. The van der Waals surface area contributed by atoms with E-state index in [-0.39, 0.29) is 85.5 Å². The molecular formula is C64H103N7O15S. The predicted octanol–water partition coefficient (Wildman–Crippen LogP) is 7.33. The fourth-order valence-corrected chi connectivity index (χ4v) is 10.9. The number of hydrogen-bond acceptors (Lipinski definition) is 15. The number of allylic oxidation sites excluding steroid dienone is 8. The van der Waals surface area contributed by atoms with Crippen LogP contribution in [-0.2, 0) is 59.0 Å². The second kappa shape index (κ2) is 49.9. The molecule has 4 atom stereocenters. The number of aromatic hydroxyl groups is 1. The summed E-state index contributed by atoms with van der Waals surface area (Å²) in [6.45, 7) is 7.11. The first kappa shape index (κ1) is 75.3. The van der Waals surface area contributed by atoms with Crippen molar-refractivity contribution in [2.75, 3.05) is 105 Å². The number of rotatable bonds is 54. The molecule has 0 saturated carbocycles. The van der Waals surface area contributed by atoms with Crippen LogP contribution in [0.1, 0.15) is 147 Å². The molecule has 0 spiro atoms. The molecule has 0 unspecified atom stereocenters. The van der Waals surface area contributed by atoms with Gasteiger partial charge in [-0.15, -0.1) is 0 Å². The van der Waals surface area contributed by atoms with Gasteiger partial charge in [-0.3, -0.25) is 28.8 Å². The quantitative estimate of drug-likeness (QED) is 0.0180. The Morgan fingerprint density at radius 1 is 0.655 bits per heavy atom. The van der Waals surface area contributed by atoms with Gasteiger partial charge in [0.2, 0.25) is 29.5 Å². The van der Waals surface area contributed by atoms with E-state index in [4.69, 9.17) is 28.4 Å². The van der Waals surface area contributed by atoms with E-state index < -0.39 is 24.3 Å². The zero-order valence-electron chi connectivity index (χ0n) is 51.9. The van der Waals surface area contributed by atoms with Crippen molar-refractivity contribution < 1.29 is 72.2 Å². The summed E-state index contributed by atoms with van der Waals surface area (Å²) in [4.78, 5) is 88.1. The lowest BCUT2D eigenvalue weighted by atomic mass is 10.0. The van der Waals surface area contributed by atoms with Crippen molar-refractivity contribution in [1.29, 1.82) is 0 Å². The maximum atomic E-state index is 13.4. The maximum Gasteiger partial charge on any atom is 0.315 e. The van der Waals surface area contributed by atoms with Gasteiger partial charge in [0, 0.05) is 76.2 Å². The molecule has 1 aromatic rings. The van der Waals surface area contributed by atoms with Crippen LogP contribution < -0.4 is 36.6 Å². The Bertz CT molecular complexity index is 2240.